The minimum atomic E-state index is -4.84. The fourth-order valence-electron chi connectivity index (χ4n) is 2.99. The average Bonchev–Trinajstić information content (AvgIpc) is 2.58. The first-order valence-electron chi connectivity index (χ1n) is 7.83. The fraction of sp³-hybridized carbons (Fsp3) is 0.278. The van der Waals surface area contributed by atoms with Crippen molar-refractivity contribution in [3.8, 4) is 0 Å². The van der Waals surface area contributed by atoms with Crippen LogP contribution in [0.15, 0.2) is 42.5 Å². The van der Waals surface area contributed by atoms with Crippen molar-refractivity contribution in [1.29, 1.82) is 0 Å². The highest BCUT2D eigenvalue weighted by molar-refractivity contribution is 5.94. The van der Waals surface area contributed by atoms with Crippen LogP contribution in [0.25, 0.3) is 0 Å². The van der Waals surface area contributed by atoms with Gasteiger partial charge in [0.25, 0.3) is 5.91 Å². The highest BCUT2D eigenvalue weighted by Gasteiger charge is 2.35. The Balaban J connectivity index is 0.00000243. The minimum Gasteiger partial charge on any atom is -0.350 e. The molecule has 2 aromatic carbocycles. The Bertz CT molecular complexity index is 795. The topological polar surface area (TPSA) is 41.1 Å². The van der Waals surface area contributed by atoms with Crippen LogP contribution in [0.5, 0.6) is 0 Å². The van der Waals surface area contributed by atoms with Crippen LogP contribution >= 0.6 is 12.4 Å². The van der Waals surface area contributed by atoms with Crippen LogP contribution < -0.4 is 10.6 Å². The van der Waals surface area contributed by atoms with Crippen molar-refractivity contribution in [2.24, 2.45) is 0 Å². The summed E-state index contributed by atoms with van der Waals surface area (Å²) in [6, 6.07) is 10.3. The Kier molecular flexibility index (Phi) is 6.26. The molecule has 0 spiro atoms. The summed E-state index contributed by atoms with van der Waals surface area (Å²) >= 11 is 0. The van der Waals surface area contributed by atoms with Gasteiger partial charge in [0.15, 0.2) is 0 Å². The van der Waals surface area contributed by atoms with Gasteiger partial charge < -0.3 is 10.6 Å². The zero-order chi connectivity index (χ0) is 18.0. The molecule has 0 saturated heterocycles. The lowest BCUT2D eigenvalue weighted by molar-refractivity contribution is -0.140. The largest absolute Gasteiger partial charge is 0.419 e. The minimum absolute atomic E-state index is 0. The van der Waals surface area contributed by atoms with Crippen LogP contribution in [0, 0.1) is 5.82 Å². The van der Waals surface area contributed by atoms with Crippen LogP contribution in [0.2, 0.25) is 0 Å². The first-order chi connectivity index (χ1) is 11.9. The summed E-state index contributed by atoms with van der Waals surface area (Å²) in [6.45, 7) is 0.890. The van der Waals surface area contributed by atoms with Gasteiger partial charge in [-0.2, -0.15) is 13.2 Å². The number of benzene rings is 2. The van der Waals surface area contributed by atoms with E-state index in [1.165, 1.54) is 0 Å². The molecule has 0 aromatic heterocycles. The quantitative estimate of drug-likeness (QED) is 0.783. The van der Waals surface area contributed by atoms with Crippen LogP contribution in [0.4, 0.5) is 17.6 Å². The molecule has 0 saturated carbocycles. The number of carbonyl (C=O) groups excluding carboxylic acids is 1. The summed E-state index contributed by atoms with van der Waals surface area (Å²) in [6.07, 6.45) is -3.98. The molecule has 1 atom stereocenters. The fourth-order valence-corrected chi connectivity index (χ4v) is 2.99. The Morgan fingerprint density at radius 1 is 1.15 bits per heavy atom. The normalized spacial score (nSPS) is 16.4. The van der Waals surface area contributed by atoms with Crippen LogP contribution in [0.3, 0.4) is 0 Å². The van der Waals surface area contributed by atoms with E-state index in [4.69, 9.17) is 0 Å². The standard InChI is InChI=1S/C18H16F4N2O.ClH/c19-16-13(6-3-7-14(16)18(20,21)22)17(25)24-10-15-12-5-2-1-4-11(12)8-9-23-15;/h1-7,15,23H,8-10H2,(H,24,25);1H. The van der Waals surface area contributed by atoms with Crippen molar-refractivity contribution in [3.05, 3.63) is 70.5 Å². The molecule has 1 heterocycles. The lowest BCUT2D eigenvalue weighted by Gasteiger charge is -2.27. The van der Waals surface area contributed by atoms with E-state index in [1.807, 2.05) is 24.3 Å². The van der Waals surface area contributed by atoms with Gasteiger partial charge in [-0.25, -0.2) is 4.39 Å². The molecule has 8 heteroatoms. The van der Waals surface area contributed by atoms with Gasteiger partial charge in [-0.1, -0.05) is 30.3 Å². The summed E-state index contributed by atoms with van der Waals surface area (Å²) < 4.78 is 52.3. The average molecular weight is 389 g/mol. The van der Waals surface area contributed by atoms with Gasteiger partial charge in [0.1, 0.15) is 5.82 Å². The molecule has 1 aliphatic rings. The third-order valence-corrected chi connectivity index (χ3v) is 4.23. The summed E-state index contributed by atoms with van der Waals surface area (Å²) in [7, 11) is 0. The predicted molar refractivity (Wildman–Crippen MR) is 91.9 cm³/mol. The molecule has 1 unspecified atom stereocenters. The summed E-state index contributed by atoms with van der Waals surface area (Å²) in [5.41, 5.74) is 0.129. The van der Waals surface area contributed by atoms with Crippen molar-refractivity contribution >= 4 is 18.3 Å². The van der Waals surface area contributed by atoms with E-state index in [0.29, 0.717) is 6.07 Å². The molecule has 26 heavy (non-hydrogen) atoms. The molecule has 0 fully saturated rings. The first kappa shape index (κ1) is 20.2. The Hall–Kier alpha value is -2.12. The maximum Gasteiger partial charge on any atom is 0.419 e. The van der Waals surface area contributed by atoms with Gasteiger partial charge in [0.05, 0.1) is 11.1 Å². The number of carbonyl (C=O) groups is 1. The van der Waals surface area contributed by atoms with E-state index < -0.39 is 29.0 Å². The Morgan fingerprint density at radius 2 is 1.88 bits per heavy atom. The molecule has 0 bridgehead atoms. The second kappa shape index (κ2) is 8.05. The van der Waals surface area contributed by atoms with E-state index in [2.05, 4.69) is 10.6 Å². The van der Waals surface area contributed by atoms with Crippen molar-refractivity contribution in [3.63, 3.8) is 0 Å². The molecular weight excluding hydrogens is 372 g/mol. The Labute approximate surface area is 154 Å². The van der Waals surface area contributed by atoms with Crippen LogP contribution in [-0.4, -0.2) is 19.0 Å². The second-order valence-corrected chi connectivity index (χ2v) is 5.83. The monoisotopic (exact) mass is 388 g/mol. The molecule has 3 nitrogen and oxygen atoms in total. The third-order valence-electron chi connectivity index (χ3n) is 4.23. The van der Waals surface area contributed by atoms with Gasteiger partial charge in [0.2, 0.25) is 0 Å². The predicted octanol–water partition coefficient (Wildman–Crippen LogP) is 3.88. The summed E-state index contributed by atoms with van der Waals surface area (Å²) in [4.78, 5) is 12.2. The van der Waals surface area contributed by atoms with Crippen molar-refractivity contribution in [1.82, 2.24) is 10.6 Å². The van der Waals surface area contributed by atoms with E-state index in [-0.39, 0.29) is 25.0 Å². The second-order valence-electron chi connectivity index (χ2n) is 5.83. The van der Waals surface area contributed by atoms with Gasteiger partial charge >= 0.3 is 6.18 Å². The summed E-state index contributed by atoms with van der Waals surface area (Å²) in [5, 5.41) is 5.76. The molecule has 0 radical (unpaired) electrons. The van der Waals surface area contributed by atoms with E-state index in [1.54, 1.807) is 0 Å². The highest BCUT2D eigenvalue weighted by atomic mass is 35.5. The van der Waals surface area contributed by atoms with Crippen molar-refractivity contribution in [2.45, 2.75) is 18.6 Å². The SMILES string of the molecule is Cl.O=C(NCC1NCCc2ccccc21)c1cccc(C(F)(F)F)c1F. The van der Waals surface area contributed by atoms with E-state index in [0.717, 1.165) is 36.2 Å². The molecule has 1 aliphatic heterocycles. The number of hydrogen-bond donors (Lipinski definition) is 2. The molecule has 2 N–H and O–H groups in total. The van der Waals surface area contributed by atoms with Gasteiger partial charge in [0, 0.05) is 12.6 Å². The van der Waals surface area contributed by atoms with Gasteiger partial charge in [-0.05, 0) is 36.2 Å². The number of nitrogens with one attached hydrogen (secondary N) is 2. The molecular formula is C18H17ClF4N2O. The molecule has 3 rings (SSSR count). The number of alkyl halides is 3. The highest BCUT2D eigenvalue weighted by Crippen LogP contribution is 2.32. The smallest absolute Gasteiger partial charge is 0.350 e. The lowest BCUT2D eigenvalue weighted by Crippen LogP contribution is -2.39. The maximum atomic E-state index is 14.0. The lowest BCUT2D eigenvalue weighted by atomic mass is 9.94. The summed E-state index contributed by atoms with van der Waals surface area (Å²) in [5.74, 6) is -2.42. The zero-order valence-electron chi connectivity index (χ0n) is 13.6. The molecule has 140 valence electrons. The van der Waals surface area contributed by atoms with Gasteiger partial charge in [-0.3, -0.25) is 4.79 Å². The number of rotatable bonds is 3. The van der Waals surface area contributed by atoms with Crippen LogP contribution in [0.1, 0.15) is 33.1 Å². The third kappa shape index (κ3) is 4.16. The number of hydrogen-bond acceptors (Lipinski definition) is 2. The molecule has 2 aromatic rings. The van der Waals surface area contributed by atoms with Crippen LogP contribution in [-0.2, 0) is 12.6 Å². The number of fused-ring (bicyclic) bond motifs is 1. The maximum absolute atomic E-state index is 14.0. The number of halogens is 5. The Morgan fingerprint density at radius 3 is 2.62 bits per heavy atom. The number of amides is 1. The van der Waals surface area contributed by atoms with Crippen molar-refractivity contribution in [2.75, 3.05) is 13.1 Å². The zero-order valence-corrected chi connectivity index (χ0v) is 14.4. The molecule has 0 aliphatic carbocycles. The first-order valence-corrected chi connectivity index (χ1v) is 7.83. The van der Waals surface area contributed by atoms with E-state index >= 15 is 0 Å². The van der Waals surface area contributed by atoms with Crippen molar-refractivity contribution < 1.29 is 22.4 Å². The molecule has 1 amide bonds. The van der Waals surface area contributed by atoms with Gasteiger partial charge in [-0.15, -0.1) is 12.4 Å². The van der Waals surface area contributed by atoms with E-state index in [9.17, 15) is 22.4 Å².